The summed E-state index contributed by atoms with van der Waals surface area (Å²) in [5.41, 5.74) is 6.71. The van der Waals surface area contributed by atoms with Crippen LogP contribution in [0.5, 0.6) is 0 Å². The van der Waals surface area contributed by atoms with Gasteiger partial charge >= 0.3 is 5.69 Å². The van der Waals surface area contributed by atoms with Gasteiger partial charge in [0.2, 0.25) is 0 Å². The standard InChI is InChI=1S/C13H19N3O2/c1-3-10-8-7-9(2)15(10)12-6-4-5-11(14)13(12)16(17)18/h4-6,9-10H,3,7-8,14H2,1-2H3. The number of para-hydroxylation sites is 1. The highest BCUT2D eigenvalue weighted by molar-refractivity contribution is 5.76. The average Bonchev–Trinajstić information content (AvgIpc) is 2.69. The molecule has 1 aromatic carbocycles. The molecular weight excluding hydrogens is 230 g/mol. The van der Waals surface area contributed by atoms with Crippen LogP contribution in [0.2, 0.25) is 0 Å². The third kappa shape index (κ3) is 2.00. The van der Waals surface area contributed by atoms with E-state index in [0.717, 1.165) is 19.3 Å². The molecule has 0 aliphatic carbocycles. The highest BCUT2D eigenvalue weighted by atomic mass is 16.6. The molecule has 5 nitrogen and oxygen atoms in total. The minimum Gasteiger partial charge on any atom is -0.393 e. The molecule has 2 rings (SSSR count). The Bertz CT molecular complexity index is 462. The number of hydrogen-bond acceptors (Lipinski definition) is 4. The van der Waals surface area contributed by atoms with E-state index in [1.54, 1.807) is 18.2 Å². The van der Waals surface area contributed by atoms with Crippen LogP contribution in [0.15, 0.2) is 18.2 Å². The van der Waals surface area contributed by atoms with Crippen molar-refractivity contribution in [3.63, 3.8) is 0 Å². The molecule has 18 heavy (non-hydrogen) atoms. The molecule has 98 valence electrons. The van der Waals surface area contributed by atoms with Gasteiger partial charge in [-0.25, -0.2) is 0 Å². The topological polar surface area (TPSA) is 72.4 Å². The highest BCUT2D eigenvalue weighted by Crippen LogP contribution is 2.40. The first kappa shape index (κ1) is 12.7. The van der Waals surface area contributed by atoms with Crippen molar-refractivity contribution in [2.45, 2.75) is 45.2 Å². The molecule has 2 unspecified atom stereocenters. The Kier molecular flexibility index (Phi) is 3.41. The van der Waals surface area contributed by atoms with E-state index < -0.39 is 0 Å². The van der Waals surface area contributed by atoms with Crippen molar-refractivity contribution in [2.75, 3.05) is 10.6 Å². The van der Waals surface area contributed by atoms with Crippen molar-refractivity contribution in [3.8, 4) is 0 Å². The van der Waals surface area contributed by atoms with Gasteiger partial charge in [0, 0.05) is 12.1 Å². The van der Waals surface area contributed by atoms with Crippen LogP contribution in [0.25, 0.3) is 0 Å². The minimum atomic E-state index is -0.373. The van der Waals surface area contributed by atoms with Crippen LogP contribution in [-0.4, -0.2) is 17.0 Å². The predicted molar refractivity (Wildman–Crippen MR) is 72.8 cm³/mol. The first-order valence-electron chi connectivity index (χ1n) is 6.37. The molecule has 0 radical (unpaired) electrons. The Morgan fingerprint density at radius 2 is 2.22 bits per heavy atom. The number of rotatable bonds is 3. The van der Waals surface area contributed by atoms with Crippen molar-refractivity contribution in [1.29, 1.82) is 0 Å². The normalized spacial score (nSPS) is 23.3. The Labute approximate surface area is 107 Å². The van der Waals surface area contributed by atoms with E-state index >= 15 is 0 Å². The summed E-state index contributed by atoms with van der Waals surface area (Å²) in [4.78, 5) is 13.0. The Balaban J connectivity index is 2.50. The van der Waals surface area contributed by atoms with Crippen LogP contribution in [0.1, 0.15) is 33.1 Å². The summed E-state index contributed by atoms with van der Waals surface area (Å²) < 4.78 is 0. The van der Waals surface area contributed by atoms with E-state index in [1.165, 1.54) is 0 Å². The minimum absolute atomic E-state index is 0.0460. The summed E-state index contributed by atoms with van der Waals surface area (Å²) in [6.45, 7) is 4.23. The van der Waals surface area contributed by atoms with Crippen molar-refractivity contribution in [2.24, 2.45) is 0 Å². The van der Waals surface area contributed by atoms with Gasteiger partial charge < -0.3 is 10.6 Å². The van der Waals surface area contributed by atoms with Gasteiger partial charge in [-0.15, -0.1) is 0 Å². The third-order valence-electron chi connectivity index (χ3n) is 3.76. The zero-order valence-electron chi connectivity index (χ0n) is 10.8. The van der Waals surface area contributed by atoms with Gasteiger partial charge in [0.05, 0.1) is 4.92 Å². The van der Waals surface area contributed by atoms with Crippen LogP contribution < -0.4 is 10.6 Å². The van der Waals surface area contributed by atoms with E-state index in [4.69, 9.17) is 5.73 Å². The van der Waals surface area contributed by atoms with Crippen molar-refractivity contribution in [1.82, 2.24) is 0 Å². The van der Waals surface area contributed by atoms with Crippen LogP contribution in [0.3, 0.4) is 0 Å². The quantitative estimate of drug-likeness (QED) is 0.508. The number of nitro groups is 1. The van der Waals surface area contributed by atoms with Gasteiger partial charge in [0.15, 0.2) is 0 Å². The molecular formula is C13H19N3O2. The zero-order chi connectivity index (χ0) is 13.3. The molecule has 0 spiro atoms. The third-order valence-corrected chi connectivity index (χ3v) is 3.76. The zero-order valence-corrected chi connectivity index (χ0v) is 10.8. The van der Waals surface area contributed by atoms with Gasteiger partial charge in [0.25, 0.3) is 0 Å². The molecule has 0 bridgehead atoms. The highest BCUT2D eigenvalue weighted by Gasteiger charge is 2.34. The van der Waals surface area contributed by atoms with Gasteiger partial charge in [0.1, 0.15) is 11.4 Å². The lowest BCUT2D eigenvalue weighted by Crippen LogP contribution is -2.34. The Morgan fingerprint density at radius 1 is 1.50 bits per heavy atom. The lowest BCUT2D eigenvalue weighted by atomic mass is 10.1. The first-order chi connectivity index (χ1) is 8.56. The number of nitrogens with zero attached hydrogens (tertiary/aromatic N) is 2. The molecule has 2 N–H and O–H groups in total. The molecule has 1 fully saturated rings. The van der Waals surface area contributed by atoms with E-state index in [-0.39, 0.29) is 16.3 Å². The van der Waals surface area contributed by atoms with E-state index in [2.05, 4.69) is 18.7 Å². The largest absolute Gasteiger partial charge is 0.393 e. The van der Waals surface area contributed by atoms with E-state index in [1.807, 2.05) is 0 Å². The lowest BCUT2D eigenvalue weighted by Gasteiger charge is -2.30. The summed E-state index contributed by atoms with van der Waals surface area (Å²) >= 11 is 0. The monoisotopic (exact) mass is 249 g/mol. The van der Waals surface area contributed by atoms with Crippen LogP contribution in [-0.2, 0) is 0 Å². The molecule has 1 saturated heterocycles. The second-order valence-corrected chi connectivity index (χ2v) is 4.87. The fourth-order valence-corrected chi connectivity index (χ4v) is 2.86. The maximum absolute atomic E-state index is 11.2. The van der Waals surface area contributed by atoms with Crippen molar-refractivity contribution >= 4 is 17.1 Å². The lowest BCUT2D eigenvalue weighted by molar-refractivity contribution is -0.383. The molecule has 1 aliphatic heterocycles. The molecule has 1 aromatic rings. The number of nitrogen functional groups attached to an aromatic ring is 1. The smallest absolute Gasteiger partial charge is 0.315 e. The number of benzene rings is 1. The number of anilines is 2. The number of nitro benzene ring substituents is 1. The molecule has 0 aromatic heterocycles. The SMILES string of the molecule is CCC1CCC(C)N1c1cccc(N)c1[N+](=O)[O-]. The molecule has 1 aliphatic rings. The second kappa shape index (κ2) is 4.84. The average molecular weight is 249 g/mol. The molecule has 5 heteroatoms. The summed E-state index contributed by atoms with van der Waals surface area (Å²) in [6, 6.07) is 5.88. The van der Waals surface area contributed by atoms with E-state index in [0.29, 0.717) is 17.8 Å². The second-order valence-electron chi connectivity index (χ2n) is 4.87. The predicted octanol–water partition coefficient (Wildman–Crippen LogP) is 2.94. The van der Waals surface area contributed by atoms with Gasteiger partial charge in [-0.05, 0) is 38.3 Å². The summed E-state index contributed by atoms with van der Waals surface area (Å²) in [5.74, 6) is 0. The van der Waals surface area contributed by atoms with Gasteiger partial charge in [-0.2, -0.15) is 0 Å². The van der Waals surface area contributed by atoms with Crippen LogP contribution in [0, 0.1) is 10.1 Å². The number of hydrogen-bond donors (Lipinski definition) is 1. The van der Waals surface area contributed by atoms with Gasteiger partial charge in [-0.3, -0.25) is 10.1 Å². The van der Waals surface area contributed by atoms with Crippen molar-refractivity contribution < 1.29 is 4.92 Å². The molecule has 1 heterocycles. The fourth-order valence-electron chi connectivity index (χ4n) is 2.86. The summed E-state index contributed by atoms with van der Waals surface area (Å²) in [7, 11) is 0. The Hall–Kier alpha value is -1.78. The molecule has 0 amide bonds. The van der Waals surface area contributed by atoms with Crippen LogP contribution in [0.4, 0.5) is 17.1 Å². The summed E-state index contributed by atoms with van der Waals surface area (Å²) in [6.07, 6.45) is 3.16. The fraction of sp³-hybridized carbons (Fsp3) is 0.538. The maximum Gasteiger partial charge on any atom is 0.315 e. The first-order valence-corrected chi connectivity index (χ1v) is 6.37. The molecule has 0 saturated carbocycles. The Morgan fingerprint density at radius 3 is 2.83 bits per heavy atom. The van der Waals surface area contributed by atoms with Gasteiger partial charge in [-0.1, -0.05) is 13.0 Å². The summed E-state index contributed by atoms with van der Waals surface area (Å²) in [5, 5.41) is 11.2. The number of nitrogens with two attached hydrogens (primary N) is 1. The van der Waals surface area contributed by atoms with Crippen molar-refractivity contribution in [3.05, 3.63) is 28.3 Å². The molecule has 2 atom stereocenters. The van der Waals surface area contributed by atoms with E-state index in [9.17, 15) is 10.1 Å². The maximum atomic E-state index is 11.2. The van der Waals surface area contributed by atoms with Crippen LogP contribution >= 0.6 is 0 Å².